The number of nitrogens with zero attached hydrogens (tertiary/aromatic N) is 4. The number of anilines is 1. The van der Waals surface area contributed by atoms with Gasteiger partial charge in [0.15, 0.2) is 0 Å². The van der Waals surface area contributed by atoms with Crippen molar-refractivity contribution < 1.29 is 0 Å². The molecule has 0 unspecified atom stereocenters. The van der Waals surface area contributed by atoms with Gasteiger partial charge in [0.1, 0.15) is 0 Å². The molecule has 0 saturated carbocycles. The highest BCUT2D eigenvalue weighted by atomic mass is 32.1. The molecule has 0 fully saturated rings. The van der Waals surface area contributed by atoms with E-state index in [0.29, 0.717) is 6.04 Å². The van der Waals surface area contributed by atoms with Gasteiger partial charge in [-0.25, -0.2) is 15.0 Å². The van der Waals surface area contributed by atoms with E-state index in [-0.39, 0.29) is 0 Å². The lowest BCUT2D eigenvalue weighted by atomic mass is 10.3. The number of aryl methyl sites for hydroxylation is 1. The molecule has 0 atom stereocenters. The number of aromatic nitrogens is 3. The summed E-state index contributed by atoms with van der Waals surface area (Å²) in [5.74, 6) is 0.742. The van der Waals surface area contributed by atoms with Gasteiger partial charge in [0.25, 0.3) is 0 Å². The molecule has 2 aromatic heterocycles. The second kappa shape index (κ2) is 6.76. The fourth-order valence-corrected chi connectivity index (χ4v) is 2.55. The normalized spacial score (nSPS) is 11.1. The van der Waals surface area contributed by atoms with Gasteiger partial charge in [0.2, 0.25) is 5.95 Å². The molecule has 0 aliphatic carbocycles. The van der Waals surface area contributed by atoms with Gasteiger partial charge < -0.3 is 10.2 Å². The topological polar surface area (TPSA) is 53.9 Å². The third-order valence-corrected chi connectivity index (χ3v) is 3.89. The second-order valence-electron chi connectivity index (χ2n) is 5.14. The molecule has 2 heterocycles. The van der Waals surface area contributed by atoms with Gasteiger partial charge in [0, 0.05) is 42.5 Å². The molecule has 0 aliphatic heterocycles. The summed E-state index contributed by atoms with van der Waals surface area (Å²) >= 11 is 1.67. The molecule has 6 heteroatoms. The first kappa shape index (κ1) is 14.9. The van der Waals surface area contributed by atoms with Gasteiger partial charge in [-0.3, -0.25) is 0 Å². The highest BCUT2D eigenvalue weighted by Gasteiger charge is 2.09. The summed E-state index contributed by atoms with van der Waals surface area (Å²) in [5.41, 5.74) is 4.06. The van der Waals surface area contributed by atoms with Gasteiger partial charge in [-0.15, -0.1) is 11.3 Å². The quantitative estimate of drug-likeness (QED) is 0.885. The van der Waals surface area contributed by atoms with Crippen LogP contribution in [0.1, 0.15) is 30.0 Å². The van der Waals surface area contributed by atoms with E-state index >= 15 is 0 Å². The number of hydrogen-bond donors (Lipinski definition) is 1. The van der Waals surface area contributed by atoms with Gasteiger partial charge in [-0.1, -0.05) is 13.8 Å². The minimum absolute atomic E-state index is 0.464. The number of nitrogens with one attached hydrogen (secondary N) is 1. The van der Waals surface area contributed by atoms with Crippen molar-refractivity contribution in [2.75, 3.05) is 11.9 Å². The Morgan fingerprint density at radius 2 is 1.95 bits per heavy atom. The standard InChI is InChI=1S/C14H21N5S/c1-10(2)15-5-12-6-16-14(17-7-12)19(4)8-13-11(3)18-9-20-13/h6-7,9-10,15H,5,8H2,1-4H3. The van der Waals surface area contributed by atoms with Crippen LogP contribution in [0.5, 0.6) is 0 Å². The molecule has 20 heavy (non-hydrogen) atoms. The van der Waals surface area contributed by atoms with Crippen LogP contribution in [-0.2, 0) is 13.1 Å². The molecule has 0 aromatic carbocycles. The van der Waals surface area contributed by atoms with Gasteiger partial charge in [-0.05, 0) is 6.92 Å². The Kier molecular flexibility index (Phi) is 5.03. The van der Waals surface area contributed by atoms with Crippen LogP contribution >= 0.6 is 11.3 Å². The largest absolute Gasteiger partial charge is 0.339 e. The first-order chi connectivity index (χ1) is 9.56. The maximum atomic E-state index is 4.43. The van der Waals surface area contributed by atoms with Crippen LogP contribution in [0.25, 0.3) is 0 Å². The molecule has 1 N–H and O–H groups in total. The zero-order chi connectivity index (χ0) is 14.5. The third kappa shape index (κ3) is 3.98. The van der Waals surface area contributed by atoms with Crippen molar-refractivity contribution in [1.29, 1.82) is 0 Å². The van der Waals surface area contributed by atoms with Crippen LogP contribution < -0.4 is 10.2 Å². The van der Waals surface area contributed by atoms with Gasteiger partial charge in [0.05, 0.1) is 17.7 Å². The Balaban J connectivity index is 1.97. The molecule has 2 aromatic rings. The van der Waals surface area contributed by atoms with Crippen molar-refractivity contribution in [3.05, 3.63) is 34.0 Å². The molecule has 0 saturated heterocycles. The van der Waals surface area contributed by atoms with E-state index in [1.165, 1.54) is 4.88 Å². The number of hydrogen-bond acceptors (Lipinski definition) is 6. The molecule has 0 bridgehead atoms. The monoisotopic (exact) mass is 291 g/mol. The van der Waals surface area contributed by atoms with Crippen molar-refractivity contribution in [3.63, 3.8) is 0 Å². The highest BCUT2D eigenvalue weighted by molar-refractivity contribution is 7.09. The Morgan fingerprint density at radius 3 is 2.50 bits per heavy atom. The van der Waals surface area contributed by atoms with E-state index in [0.717, 1.165) is 30.3 Å². The summed E-state index contributed by atoms with van der Waals surface area (Å²) < 4.78 is 0. The lowest BCUT2D eigenvalue weighted by Gasteiger charge is -2.16. The molecule has 108 valence electrons. The molecule has 2 rings (SSSR count). The molecule has 5 nitrogen and oxygen atoms in total. The molecular formula is C14H21N5S. The maximum absolute atomic E-state index is 4.43. The predicted molar refractivity (Wildman–Crippen MR) is 83.0 cm³/mol. The summed E-state index contributed by atoms with van der Waals surface area (Å²) in [7, 11) is 2.00. The maximum Gasteiger partial charge on any atom is 0.225 e. The van der Waals surface area contributed by atoms with E-state index in [2.05, 4.69) is 34.1 Å². The Morgan fingerprint density at radius 1 is 1.25 bits per heavy atom. The summed E-state index contributed by atoms with van der Waals surface area (Å²) in [6.07, 6.45) is 3.77. The molecule has 0 radical (unpaired) electrons. The van der Waals surface area contributed by atoms with Gasteiger partial charge >= 0.3 is 0 Å². The molecule has 0 amide bonds. The van der Waals surface area contributed by atoms with Crippen molar-refractivity contribution in [1.82, 2.24) is 20.3 Å². The van der Waals surface area contributed by atoms with Crippen molar-refractivity contribution in [2.24, 2.45) is 0 Å². The van der Waals surface area contributed by atoms with Crippen molar-refractivity contribution in [2.45, 2.75) is 39.9 Å². The first-order valence-corrected chi connectivity index (χ1v) is 7.58. The van der Waals surface area contributed by atoms with E-state index in [1.807, 2.05) is 36.8 Å². The van der Waals surface area contributed by atoms with Crippen LogP contribution in [0.3, 0.4) is 0 Å². The Labute approximate surface area is 124 Å². The third-order valence-electron chi connectivity index (χ3n) is 2.97. The van der Waals surface area contributed by atoms with Crippen LogP contribution in [0.2, 0.25) is 0 Å². The SMILES string of the molecule is Cc1ncsc1CN(C)c1ncc(CNC(C)C)cn1. The lowest BCUT2D eigenvalue weighted by Crippen LogP contribution is -2.23. The van der Waals surface area contributed by atoms with E-state index in [4.69, 9.17) is 0 Å². The summed E-state index contributed by atoms with van der Waals surface area (Å²) in [4.78, 5) is 16.4. The Hall–Kier alpha value is -1.53. The summed E-state index contributed by atoms with van der Waals surface area (Å²) in [6, 6.07) is 0.464. The molecule has 0 aliphatic rings. The Bertz CT molecular complexity index is 535. The number of rotatable bonds is 6. The second-order valence-corrected chi connectivity index (χ2v) is 6.08. The average molecular weight is 291 g/mol. The minimum Gasteiger partial charge on any atom is -0.339 e. The van der Waals surface area contributed by atoms with E-state index in [9.17, 15) is 0 Å². The van der Waals surface area contributed by atoms with Crippen molar-refractivity contribution >= 4 is 17.3 Å². The zero-order valence-electron chi connectivity index (χ0n) is 12.4. The van der Waals surface area contributed by atoms with Crippen LogP contribution in [0.4, 0.5) is 5.95 Å². The van der Waals surface area contributed by atoms with E-state index < -0.39 is 0 Å². The van der Waals surface area contributed by atoms with Gasteiger partial charge in [-0.2, -0.15) is 0 Å². The molecular weight excluding hydrogens is 270 g/mol. The fraction of sp³-hybridized carbons (Fsp3) is 0.500. The average Bonchev–Trinajstić information content (AvgIpc) is 2.82. The van der Waals surface area contributed by atoms with Crippen LogP contribution in [0, 0.1) is 6.92 Å². The molecule has 0 spiro atoms. The predicted octanol–water partition coefficient (Wildman–Crippen LogP) is 2.38. The summed E-state index contributed by atoms with van der Waals surface area (Å²) in [5, 5.41) is 3.35. The number of thiazole rings is 1. The zero-order valence-corrected chi connectivity index (χ0v) is 13.2. The fourth-order valence-electron chi connectivity index (χ4n) is 1.72. The lowest BCUT2D eigenvalue weighted by molar-refractivity contribution is 0.586. The van der Waals surface area contributed by atoms with E-state index in [1.54, 1.807) is 11.3 Å². The first-order valence-electron chi connectivity index (χ1n) is 6.70. The smallest absolute Gasteiger partial charge is 0.225 e. The minimum atomic E-state index is 0.464. The highest BCUT2D eigenvalue weighted by Crippen LogP contribution is 2.16. The van der Waals surface area contributed by atoms with Crippen LogP contribution in [0.15, 0.2) is 17.9 Å². The van der Waals surface area contributed by atoms with Crippen LogP contribution in [-0.4, -0.2) is 28.0 Å². The summed E-state index contributed by atoms with van der Waals surface area (Å²) in [6.45, 7) is 7.87. The van der Waals surface area contributed by atoms with Crippen molar-refractivity contribution in [3.8, 4) is 0 Å².